The van der Waals surface area contributed by atoms with Crippen LogP contribution in [0.5, 0.6) is 0 Å². The number of nitrogens with zero attached hydrogens (tertiary/aromatic N) is 3. The second kappa shape index (κ2) is 5.78. The summed E-state index contributed by atoms with van der Waals surface area (Å²) in [5.41, 5.74) is 3.54. The van der Waals surface area contributed by atoms with Gasteiger partial charge in [-0.25, -0.2) is 9.67 Å². The zero-order valence-electron chi connectivity index (χ0n) is 11.7. The van der Waals surface area contributed by atoms with Gasteiger partial charge in [-0.1, -0.05) is 18.2 Å². The van der Waals surface area contributed by atoms with Gasteiger partial charge in [0, 0.05) is 13.0 Å². The van der Waals surface area contributed by atoms with Gasteiger partial charge in [0.1, 0.15) is 17.9 Å². The molecule has 0 fully saturated rings. The van der Waals surface area contributed by atoms with E-state index in [1.165, 1.54) is 17.5 Å². The van der Waals surface area contributed by atoms with Crippen LogP contribution in [0.4, 0.5) is 0 Å². The van der Waals surface area contributed by atoms with Crippen molar-refractivity contribution in [3.05, 3.63) is 47.0 Å². The van der Waals surface area contributed by atoms with E-state index in [0.29, 0.717) is 12.8 Å². The molecule has 0 aliphatic heterocycles. The molecular weight excluding hydrogens is 238 g/mol. The maximum Gasteiger partial charge on any atom is 0.144 e. The summed E-state index contributed by atoms with van der Waals surface area (Å²) in [7, 11) is 0. The first kappa shape index (κ1) is 13.5. The molecule has 19 heavy (non-hydrogen) atoms. The molecule has 0 saturated carbocycles. The number of hydrogen-bond acceptors (Lipinski definition) is 3. The van der Waals surface area contributed by atoms with E-state index in [1.807, 2.05) is 13.0 Å². The fourth-order valence-corrected chi connectivity index (χ4v) is 2.07. The summed E-state index contributed by atoms with van der Waals surface area (Å²) < 4.78 is 1.76. The molecular formula is C15H19N3O. The summed E-state index contributed by atoms with van der Waals surface area (Å²) in [6.07, 6.45) is 2.31. The van der Waals surface area contributed by atoms with Crippen LogP contribution in [-0.4, -0.2) is 20.5 Å². The molecule has 0 unspecified atom stereocenters. The van der Waals surface area contributed by atoms with Gasteiger partial charge in [-0.15, -0.1) is 0 Å². The summed E-state index contributed by atoms with van der Waals surface area (Å²) in [4.78, 5) is 16.2. The molecule has 1 heterocycles. The van der Waals surface area contributed by atoms with E-state index >= 15 is 0 Å². The Labute approximate surface area is 113 Å². The maximum atomic E-state index is 12.1. The number of aromatic nitrogens is 3. The summed E-state index contributed by atoms with van der Waals surface area (Å²) >= 11 is 0. The van der Waals surface area contributed by atoms with E-state index in [1.54, 1.807) is 4.68 Å². The second-order valence-corrected chi connectivity index (χ2v) is 4.80. The lowest BCUT2D eigenvalue weighted by Gasteiger charge is -2.05. The quantitative estimate of drug-likeness (QED) is 0.825. The van der Waals surface area contributed by atoms with Gasteiger partial charge in [0.15, 0.2) is 0 Å². The zero-order chi connectivity index (χ0) is 13.8. The zero-order valence-corrected chi connectivity index (χ0v) is 11.7. The molecule has 0 spiro atoms. The van der Waals surface area contributed by atoms with Gasteiger partial charge in [-0.3, -0.25) is 4.79 Å². The average molecular weight is 257 g/mol. The first-order valence-electron chi connectivity index (χ1n) is 6.54. The largest absolute Gasteiger partial charge is 0.299 e. The van der Waals surface area contributed by atoms with Crippen LogP contribution in [0.2, 0.25) is 0 Å². The minimum atomic E-state index is 0.172. The normalized spacial score (nSPS) is 10.7. The standard InChI is InChI=1S/C15H19N3O/c1-4-18-15(16-10-17-18)9-14(19)8-13-6-5-11(2)12(3)7-13/h5-7,10H,4,8-9H2,1-3H3. The van der Waals surface area contributed by atoms with Crippen molar-refractivity contribution >= 4 is 5.78 Å². The molecule has 0 radical (unpaired) electrons. The number of carbonyl (C=O) groups is 1. The smallest absolute Gasteiger partial charge is 0.144 e. The second-order valence-electron chi connectivity index (χ2n) is 4.80. The van der Waals surface area contributed by atoms with Gasteiger partial charge in [0.2, 0.25) is 0 Å². The molecule has 0 aliphatic rings. The Kier molecular flexibility index (Phi) is 4.10. The molecule has 0 bridgehead atoms. The molecule has 4 heteroatoms. The number of aryl methyl sites for hydroxylation is 3. The number of ketones is 1. The third kappa shape index (κ3) is 3.28. The van der Waals surface area contributed by atoms with Crippen molar-refractivity contribution < 1.29 is 4.79 Å². The van der Waals surface area contributed by atoms with Gasteiger partial charge in [0.25, 0.3) is 0 Å². The van der Waals surface area contributed by atoms with E-state index in [-0.39, 0.29) is 5.78 Å². The minimum Gasteiger partial charge on any atom is -0.299 e. The van der Waals surface area contributed by atoms with E-state index in [0.717, 1.165) is 17.9 Å². The predicted molar refractivity (Wildman–Crippen MR) is 74.0 cm³/mol. The minimum absolute atomic E-state index is 0.172. The van der Waals surface area contributed by atoms with Crippen LogP contribution in [0.3, 0.4) is 0 Å². The van der Waals surface area contributed by atoms with Crippen molar-refractivity contribution in [2.75, 3.05) is 0 Å². The molecule has 0 N–H and O–H groups in total. The highest BCUT2D eigenvalue weighted by Gasteiger charge is 2.10. The lowest BCUT2D eigenvalue weighted by molar-refractivity contribution is -0.117. The number of carbonyl (C=O) groups excluding carboxylic acids is 1. The van der Waals surface area contributed by atoms with Gasteiger partial charge >= 0.3 is 0 Å². The van der Waals surface area contributed by atoms with Crippen LogP contribution in [-0.2, 0) is 24.2 Å². The molecule has 2 rings (SSSR count). The Morgan fingerprint density at radius 2 is 2.00 bits per heavy atom. The lowest BCUT2D eigenvalue weighted by Crippen LogP contribution is -2.12. The van der Waals surface area contributed by atoms with E-state index in [4.69, 9.17) is 0 Å². The molecule has 100 valence electrons. The fourth-order valence-electron chi connectivity index (χ4n) is 2.07. The molecule has 0 amide bonds. The van der Waals surface area contributed by atoms with E-state index in [9.17, 15) is 4.79 Å². The third-order valence-electron chi connectivity index (χ3n) is 3.32. The van der Waals surface area contributed by atoms with Gasteiger partial charge < -0.3 is 0 Å². The highest BCUT2D eigenvalue weighted by atomic mass is 16.1. The van der Waals surface area contributed by atoms with Gasteiger partial charge in [0.05, 0.1) is 6.42 Å². The molecule has 0 atom stereocenters. The molecule has 1 aromatic carbocycles. The van der Waals surface area contributed by atoms with Crippen molar-refractivity contribution in [2.45, 2.75) is 40.2 Å². The Morgan fingerprint density at radius 3 is 2.68 bits per heavy atom. The third-order valence-corrected chi connectivity index (χ3v) is 3.32. The van der Waals surface area contributed by atoms with Crippen molar-refractivity contribution in [1.82, 2.24) is 14.8 Å². The average Bonchev–Trinajstić information content (AvgIpc) is 2.81. The summed E-state index contributed by atoms with van der Waals surface area (Å²) in [6.45, 7) is 6.87. The van der Waals surface area contributed by atoms with Crippen LogP contribution in [0.25, 0.3) is 0 Å². The monoisotopic (exact) mass is 257 g/mol. The van der Waals surface area contributed by atoms with Crippen LogP contribution >= 0.6 is 0 Å². The predicted octanol–water partition coefficient (Wildman–Crippen LogP) is 2.27. The Bertz CT molecular complexity index is 587. The van der Waals surface area contributed by atoms with Crippen LogP contribution in [0, 0.1) is 13.8 Å². The van der Waals surface area contributed by atoms with Crippen LogP contribution in [0.15, 0.2) is 24.5 Å². The molecule has 2 aromatic rings. The Balaban J connectivity index is 2.03. The SMILES string of the molecule is CCn1ncnc1CC(=O)Cc1ccc(C)c(C)c1. The highest BCUT2D eigenvalue weighted by molar-refractivity contribution is 5.82. The van der Waals surface area contributed by atoms with Crippen LogP contribution in [0.1, 0.15) is 29.4 Å². The Morgan fingerprint density at radius 1 is 1.21 bits per heavy atom. The van der Waals surface area contributed by atoms with Crippen molar-refractivity contribution in [3.63, 3.8) is 0 Å². The lowest BCUT2D eigenvalue weighted by atomic mass is 10.0. The summed E-state index contributed by atoms with van der Waals surface area (Å²) in [6, 6.07) is 6.16. The van der Waals surface area contributed by atoms with Gasteiger partial charge in [-0.05, 0) is 37.5 Å². The summed E-state index contributed by atoms with van der Waals surface area (Å²) in [5, 5.41) is 4.07. The first-order chi connectivity index (χ1) is 9.10. The maximum absolute atomic E-state index is 12.1. The topological polar surface area (TPSA) is 47.8 Å². The van der Waals surface area contributed by atoms with Crippen molar-refractivity contribution in [2.24, 2.45) is 0 Å². The number of Topliss-reactive ketones (excluding diaryl/α,β-unsaturated/α-hetero) is 1. The molecule has 4 nitrogen and oxygen atoms in total. The summed E-state index contributed by atoms with van der Waals surface area (Å²) in [5.74, 6) is 0.919. The number of benzene rings is 1. The van der Waals surface area contributed by atoms with Crippen molar-refractivity contribution in [3.8, 4) is 0 Å². The molecule has 0 aliphatic carbocycles. The number of hydrogen-bond donors (Lipinski definition) is 0. The van der Waals surface area contributed by atoms with Crippen molar-refractivity contribution in [1.29, 1.82) is 0 Å². The van der Waals surface area contributed by atoms with Crippen LogP contribution < -0.4 is 0 Å². The van der Waals surface area contributed by atoms with E-state index < -0.39 is 0 Å². The van der Waals surface area contributed by atoms with Gasteiger partial charge in [-0.2, -0.15) is 5.10 Å². The Hall–Kier alpha value is -1.97. The molecule has 0 saturated heterocycles. The fraction of sp³-hybridized carbons (Fsp3) is 0.400. The first-order valence-corrected chi connectivity index (χ1v) is 6.54. The highest BCUT2D eigenvalue weighted by Crippen LogP contribution is 2.11. The van der Waals surface area contributed by atoms with E-state index in [2.05, 4.69) is 36.1 Å². The number of rotatable bonds is 5. The molecule has 1 aromatic heterocycles.